The zero-order chi connectivity index (χ0) is 25.3. The van der Waals surface area contributed by atoms with Crippen molar-refractivity contribution >= 4 is 10.1 Å². The smallest absolute Gasteiger partial charge is 0.372 e. The number of hydrogen-bond acceptors (Lipinski definition) is 5. The molecule has 188 valence electrons. The van der Waals surface area contributed by atoms with E-state index < -0.39 is 72.3 Å². The summed E-state index contributed by atoms with van der Waals surface area (Å²) in [5, 5.41) is 0. The highest BCUT2D eigenvalue weighted by Crippen LogP contribution is 2.55. The van der Waals surface area contributed by atoms with Crippen LogP contribution in [0.4, 0.5) is 61.5 Å². The Labute approximate surface area is 163 Å². The molecule has 0 saturated heterocycles. The van der Waals surface area contributed by atoms with Gasteiger partial charge < -0.3 is 4.74 Å². The number of hydrogen-bond donors (Lipinski definition) is 0. The summed E-state index contributed by atoms with van der Waals surface area (Å²) in [6.07, 6.45) is -23.9. The average Bonchev–Trinajstić information content (AvgIpc) is 2.49. The van der Waals surface area contributed by atoms with Crippen LogP contribution in [0.15, 0.2) is 0 Å². The van der Waals surface area contributed by atoms with Crippen LogP contribution >= 0.6 is 0 Å². The van der Waals surface area contributed by atoms with Crippen molar-refractivity contribution in [2.45, 2.75) is 42.3 Å². The molecular formula is C11H10F14O5S. The van der Waals surface area contributed by atoms with Crippen molar-refractivity contribution in [3.05, 3.63) is 0 Å². The van der Waals surface area contributed by atoms with Gasteiger partial charge in [-0.25, -0.2) is 9.13 Å². The maximum atomic E-state index is 13.2. The predicted molar refractivity (Wildman–Crippen MR) is 68.4 cm³/mol. The Morgan fingerprint density at radius 2 is 1.19 bits per heavy atom. The van der Waals surface area contributed by atoms with E-state index in [1.54, 1.807) is 4.74 Å². The van der Waals surface area contributed by atoms with Gasteiger partial charge in [0, 0.05) is 0 Å². The monoisotopic (exact) mass is 520 g/mol. The SMILES string of the molecule is CS(=O)(=O)OC[C@@H](F)COCC(F)(F)C(F)(F)OC(F)(F)C(F)(F)C(F)(F)C(F)(F)F. The Balaban J connectivity index is 5.30. The van der Waals surface area contributed by atoms with E-state index >= 15 is 0 Å². The van der Waals surface area contributed by atoms with E-state index in [2.05, 4.69) is 8.92 Å². The molecule has 20 heteroatoms. The van der Waals surface area contributed by atoms with Crippen LogP contribution in [0, 0.1) is 0 Å². The van der Waals surface area contributed by atoms with E-state index in [9.17, 15) is 69.9 Å². The molecule has 0 N–H and O–H groups in total. The van der Waals surface area contributed by atoms with Crippen LogP contribution in [0.3, 0.4) is 0 Å². The molecule has 0 unspecified atom stereocenters. The van der Waals surface area contributed by atoms with Gasteiger partial charge in [-0.15, -0.1) is 0 Å². The summed E-state index contributed by atoms with van der Waals surface area (Å²) in [5.41, 5.74) is 0. The quantitative estimate of drug-likeness (QED) is 0.288. The first-order valence-corrected chi connectivity index (χ1v) is 8.84. The van der Waals surface area contributed by atoms with Crippen molar-refractivity contribution in [3.8, 4) is 0 Å². The Hall–Kier alpha value is -1.15. The summed E-state index contributed by atoms with van der Waals surface area (Å²) < 4.78 is 208. The number of halogens is 14. The minimum Gasteiger partial charge on any atom is -0.372 e. The molecule has 0 aromatic rings. The molecule has 0 bridgehead atoms. The van der Waals surface area contributed by atoms with Gasteiger partial charge in [-0.1, -0.05) is 0 Å². The predicted octanol–water partition coefficient (Wildman–Crippen LogP) is 3.99. The van der Waals surface area contributed by atoms with Crippen LogP contribution in [0.2, 0.25) is 0 Å². The average molecular weight is 520 g/mol. The fraction of sp³-hybridized carbons (Fsp3) is 1.00. The third-order valence-corrected chi connectivity index (χ3v) is 3.41. The van der Waals surface area contributed by atoms with Crippen LogP contribution in [0.5, 0.6) is 0 Å². The summed E-state index contributed by atoms with van der Waals surface area (Å²) in [7, 11) is -4.23. The van der Waals surface area contributed by atoms with Crippen LogP contribution in [-0.2, 0) is 23.8 Å². The maximum absolute atomic E-state index is 13.2. The van der Waals surface area contributed by atoms with E-state index in [4.69, 9.17) is 0 Å². The second-order valence-corrected chi connectivity index (χ2v) is 7.23. The standard InChI is InChI=1S/C11H10F14O5S/c1-31(26,27)29-3-5(12)2-28-4-6(13,14)10(22,23)30-11(24,25)8(17,18)7(15,16)9(19,20)21/h5H,2-4H2,1H3/t5-/m0/s1. The Kier molecular flexibility index (Phi) is 8.67. The summed E-state index contributed by atoms with van der Waals surface area (Å²) in [6, 6.07) is 0. The van der Waals surface area contributed by atoms with E-state index in [0.717, 1.165) is 0 Å². The maximum Gasteiger partial charge on any atom is 0.460 e. The topological polar surface area (TPSA) is 61.8 Å². The molecule has 0 aliphatic carbocycles. The lowest BCUT2D eigenvalue weighted by Gasteiger charge is -2.36. The molecule has 5 nitrogen and oxygen atoms in total. The lowest BCUT2D eigenvalue weighted by molar-refractivity contribution is -0.503. The van der Waals surface area contributed by atoms with Gasteiger partial charge in [0.05, 0.1) is 19.5 Å². The van der Waals surface area contributed by atoms with Gasteiger partial charge in [-0.3, -0.25) is 4.18 Å². The zero-order valence-electron chi connectivity index (χ0n) is 14.4. The van der Waals surface area contributed by atoms with Crippen molar-refractivity contribution < 1.29 is 83.5 Å². The number of alkyl halides is 14. The minimum absolute atomic E-state index is 0.422. The highest BCUT2D eigenvalue weighted by molar-refractivity contribution is 7.85. The highest BCUT2D eigenvalue weighted by atomic mass is 32.2. The molecule has 0 aliphatic rings. The first-order valence-electron chi connectivity index (χ1n) is 7.03. The molecule has 0 fully saturated rings. The molecule has 0 saturated carbocycles. The largest absolute Gasteiger partial charge is 0.460 e. The molecule has 0 aromatic heterocycles. The summed E-state index contributed by atoms with van der Waals surface area (Å²) in [5.74, 6) is -21.6. The van der Waals surface area contributed by atoms with Gasteiger partial charge in [0.1, 0.15) is 12.8 Å². The lowest BCUT2D eigenvalue weighted by Crippen LogP contribution is -2.64. The normalized spacial score (nSPS) is 16.5. The molecule has 0 aromatic carbocycles. The van der Waals surface area contributed by atoms with E-state index in [1.807, 2.05) is 0 Å². The van der Waals surface area contributed by atoms with Crippen molar-refractivity contribution in [1.29, 1.82) is 0 Å². The highest BCUT2D eigenvalue weighted by Gasteiger charge is 2.84. The van der Waals surface area contributed by atoms with E-state index in [1.165, 1.54) is 0 Å². The van der Waals surface area contributed by atoms with Crippen molar-refractivity contribution in [3.63, 3.8) is 0 Å². The first-order chi connectivity index (χ1) is 13.3. The van der Waals surface area contributed by atoms with Gasteiger partial charge in [0.25, 0.3) is 10.1 Å². The summed E-state index contributed by atoms with van der Waals surface area (Å²) in [6.45, 7) is -5.84. The van der Waals surface area contributed by atoms with Gasteiger partial charge in [-0.2, -0.15) is 65.5 Å². The molecule has 0 spiro atoms. The Morgan fingerprint density at radius 3 is 1.58 bits per heavy atom. The molecule has 0 radical (unpaired) electrons. The molecule has 0 rings (SSSR count). The number of rotatable bonds is 12. The van der Waals surface area contributed by atoms with Crippen molar-refractivity contribution in [1.82, 2.24) is 0 Å². The minimum atomic E-state index is -7.77. The summed E-state index contributed by atoms with van der Waals surface area (Å²) in [4.78, 5) is 0. The Bertz CT molecular complexity index is 704. The van der Waals surface area contributed by atoms with Gasteiger partial charge >= 0.3 is 36.2 Å². The third kappa shape index (κ3) is 7.17. The molecular weight excluding hydrogens is 510 g/mol. The van der Waals surface area contributed by atoms with Crippen LogP contribution in [-0.4, -0.2) is 76.8 Å². The van der Waals surface area contributed by atoms with Crippen LogP contribution < -0.4 is 0 Å². The van der Waals surface area contributed by atoms with Crippen molar-refractivity contribution in [2.24, 2.45) is 0 Å². The second kappa shape index (κ2) is 9.00. The van der Waals surface area contributed by atoms with Gasteiger partial charge in [0.15, 0.2) is 0 Å². The van der Waals surface area contributed by atoms with E-state index in [-0.39, 0.29) is 0 Å². The van der Waals surface area contributed by atoms with Crippen LogP contribution in [0.1, 0.15) is 0 Å². The first kappa shape index (κ1) is 29.8. The molecule has 0 amide bonds. The molecule has 0 aliphatic heterocycles. The number of ether oxygens (including phenoxy) is 2. The third-order valence-electron chi connectivity index (χ3n) is 2.84. The fourth-order valence-corrected chi connectivity index (χ4v) is 1.70. The van der Waals surface area contributed by atoms with Crippen LogP contribution in [0.25, 0.3) is 0 Å². The molecule has 1 atom stereocenters. The van der Waals surface area contributed by atoms with Gasteiger partial charge in [0.2, 0.25) is 0 Å². The molecule has 31 heavy (non-hydrogen) atoms. The molecule has 0 heterocycles. The lowest BCUT2D eigenvalue weighted by atomic mass is 10.1. The fourth-order valence-electron chi connectivity index (χ4n) is 1.31. The van der Waals surface area contributed by atoms with Crippen molar-refractivity contribution in [2.75, 3.05) is 26.1 Å². The second-order valence-electron chi connectivity index (χ2n) is 5.59. The van der Waals surface area contributed by atoms with E-state index in [0.29, 0.717) is 6.26 Å². The Morgan fingerprint density at radius 1 is 0.742 bits per heavy atom. The summed E-state index contributed by atoms with van der Waals surface area (Å²) >= 11 is 0. The zero-order valence-corrected chi connectivity index (χ0v) is 15.3. The van der Waals surface area contributed by atoms with Gasteiger partial charge in [-0.05, 0) is 0 Å².